The number of hydrogen-bond donors (Lipinski definition) is 1. The van der Waals surface area contributed by atoms with Gasteiger partial charge < -0.3 is 19.9 Å². The zero-order valence-corrected chi connectivity index (χ0v) is 9.72. The summed E-state index contributed by atoms with van der Waals surface area (Å²) >= 11 is 0. The number of aromatic nitrogens is 2. The molecule has 0 aliphatic rings. The van der Waals surface area contributed by atoms with Crippen molar-refractivity contribution in [3.05, 3.63) is 18.2 Å². The topological polar surface area (TPSA) is 73.4 Å². The first-order valence-corrected chi connectivity index (χ1v) is 5.15. The lowest BCUT2D eigenvalue weighted by Crippen LogP contribution is -2.37. The number of nitrogens with two attached hydrogens (primary N) is 1. The second-order valence-electron chi connectivity index (χ2n) is 3.50. The lowest BCUT2D eigenvalue weighted by Gasteiger charge is -2.20. The molecule has 6 heteroatoms. The monoisotopic (exact) mass is 226 g/mol. The van der Waals surface area contributed by atoms with E-state index in [9.17, 15) is 4.79 Å². The van der Waals surface area contributed by atoms with Gasteiger partial charge in [0.15, 0.2) is 0 Å². The van der Waals surface area contributed by atoms with Gasteiger partial charge in [-0.25, -0.2) is 4.98 Å². The smallest absolute Gasteiger partial charge is 0.274 e. The number of hydrogen-bond acceptors (Lipinski definition) is 4. The van der Waals surface area contributed by atoms with Crippen molar-refractivity contribution in [1.29, 1.82) is 0 Å². The molecule has 90 valence electrons. The Morgan fingerprint density at radius 2 is 2.38 bits per heavy atom. The minimum absolute atomic E-state index is 0.108. The highest BCUT2D eigenvalue weighted by Gasteiger charge is 2.16. The summed E-state index contributed by atoms with van der Waals surface area (Å²) in [5, 5.41) is 0. The van der Waals surface area contributed by atoms with E-state index in [-0.39, 0.29) is 5.91 Å². The number of methoxy groups -OCH3 is 1. The minimum Gasteiger partial charge on any atom is -0.383 e. The highest BCUT2D eigenvalue weighted by atomic mass is 16.5. The Morgan fingerprint density at radius 3 is 2.88 bits per heavy atom. The molecule has 0 fully saturated rings. The van der Waals surface area contributed by atoms with Crippen LogP contribution in [0.3, 0.4) is 0 Å². The van der Waals surface area contributed by atoms with E-state index in [0.717, 1.165) is 0 Å². The van der Waals surface area contributed by atoms with E-state index in [1.54, 1.807) is 29.1 Å². The first kappa shape index (κ1) is 12.7. The molecule has 0 aliphatic heterocycles. The Balaban J connectivity index is 2.66. The molecule has 1 aromatic rings. The molecule has 0 aromatic carbocycles. The number of nitrogens with zero attached hydrogens (tertiary/aromatic N) is 3. The van der Waals surface area contributed by atoms with Gasteiger partial charge in [0.25, 0.3) is 5.91 Å². The van der Waals surface area contributed by atoms with Gasteiger partial charge in [-0.1, -0.05) is 0 Å². The zero-order chi connectivity index (χ0) is 12.0. The second kappa shape index (κ2) is 6.24. The molecule has 1 amide bonds. The third-order valence-corrected chi connectivity index (χ3v) is 2.18. The van der Waals surface area contributed by atoms with Gasteiger partial charge in [-0.3, -0.25) is 4.79 Å². The van der Waals surface area contributed by atoms with Crippen LogP contribution in [-0.4, -0.2) is 53.7 Å². The maximum absolute atomic E-state index is 12.0. The maximum atomic E-state index is 12.0. The Labute approximate surface area is 95.0 Å². The van der Waals surface area contributed by atoms with Crippen molar-refractivity contribution in [2.75, 3.05) is 33.4 Å². The molecule has 0 aliphatic carbocycles. The molecule has 0 spiro atoms. The number of amides is 1. The van der Waals surface area contributed by atoms with Crippen LogP contribution in [-0.2, 0) is 11.8 Å². The van der Waals surface area contributed by atoms with Crippen LogP contribution in [0, 0.1) is 0 Å². The van der Waals surface area contributed by atoms with Crippen LogP contribution >= 0.6 is 0 Å². The van der Waals surface area contributed by atoms with Crippen LogP contribution in [0.5, 0.6) is 0 Å². The number of ether oxygens (including phenoxy) is 1. The summed E-state index contributed by atoms with van der Waals surface area (Å²) in [7, 11) is 3.43. The lowest BCUT2D eigenvalue weighted by molar-refractivity contribution is 0.0696. The minimum atomic E-state index is -0.108. The summed E-state index contributed by atoms with van der Waals surface area (Å²) < 4.78 is 6.69. The maximum Gasteiger partial charge on any atom is 0.274 e. The van der Waals surface area contributed by atoms with E-state index in [1.807, 2.05) is 7.05 Å². The standard InChI is InChI=1S/C10H18N4O2/c1-13-7-9(12-8-13)10(15)14(4-3-11)5-6-16-2/h7-8H,3-6,11H2,1-2H3. The number of imidazole rings is 1. The molecule has 0 radical (unpaired) electrons. The lowest BCUT2D eigenvalue weighted by atomic mass is 10.3. The fourth-order valence-corrected chi connectivity index (χ4v) is 1.36. The van der Waals surface area contributed by atoms with E-state index in [1.165, 1.54) is 0 Å². The summed E-state index contributed by atoms with van der Waals surface area (Å²) in [5.74, 6) is -0.108. The van der Waals surface area contributed by atoms with Crippen molar-refractivity contribution in [1.82, 2.24) is 14.5 Å². The largest absolute Gasteiger partial charge is 0.383 e. The summed E-state index contributed by atoms with van der Waals surface area (Å²) in [6.07, 6.45) is 3.29. The van der Waals surface area contributed by atoms with Crippen molar-refractivity contribution in [3.8, 4) is 0 Å². The van der Waals surface area contributed by atoms with Crippen molar-refractivity contribution >= 4 is 5.91 Å². The SMILES string of the molecule is COCCN(CCN)C(=O)c1cn(C)cn1. The average molecular weight is 226 g/mol. The molecule has 1 rings (SSSR count). The Hall–Kier alpha value is -1.40. The van der Waals surface area contributed by atoms with Gasteiger partial charge >= 0.3 is 0 Å². The molecular weight excluding hydrogens is 208 g/mol. The first-order chi connectivity index (χ1) is 7.69. The molecule has 16 heavy (non-hydrogen) atoms. The quantitative estimate of drug-likeness (QED) is 0.707. The molecule has 6 nitrogen and oxygen atoms in total. The number of carbonyl (C=O) groups is 1. The summed E-state index contributed by atoms with van der Waals surface area (Å²) in [4.78, 5) is 17.7. The van der Waals surface area contributed by atoms with Crippen molar-refractivity contribution < 1.29 is 9.53 Å². The van der Waals surface area contributed by atoms with Gasteiger partial charge in [-0.2, -0.15) is 0 Å². The van der Waals surface area contributed by atoms with Gasteiger partial charge in [-0.15, -0.1) is 0 Å². The average Bonchev–Trinajstić information content (AvgIpc) is 2.70. The predicted octanol–water partition coefficient (Wildman–Crippen LogP) is -0.533. The van der Waals surface area contributed by atoms with Gasteiger partial charge in [-0.05, 0) is 0 Å². The fourth-order valence-electron chi connectivity index (χ4n) is 1.36. The summed E-state index contributed by atoms with van der Waals surface area (Å²) in [5.41, 5.74) is 5.90. The first-order valence-electron chi connectivity index (χ1n) is 5.15. The number of aryl methyl sites for hydroxylation is 1. The Bertz CT molecular complexity index is 337. The van der Waals surface area contributed by atoms with Gasteiger partial charge in [0.05, 0.1) is 12.9 Å². The van der Waals surface area contributed by atoms with E-state index in [4.69, 9.17) is 10.5 Å². The molecule has 0 saturated carbocycles. The molecule has 1 heterocycles. The zero-order valence-electron chi connectivity index (χ0n) is 9.72. The van der Waals surface area contributed by atoms with Crippen LogP contribution in [0.4, 0.5) is 0 Å². The normalized spacial score (nSPS) is 10.4. The van der Waals surface area contributed by atoms with E-state index in [2.05, 4.69) is 4.98 Å². The number of rotatable bonds is 6. The molecule has 0 saturated heterocycles. The van der Waals surface area contributed by atoms with Crippen LogP contribution in [0.2, 0.25) is 0 Å². The van der Waals surface area contributed by atoms with E-state index in [0.29, 0.717) is 31.9 Å². The van der Waals surface area contributed by atoms with Crippen LogP contribution < -0.4 is 5.73 Å². The second-order valence-corrected chi connectivity index (χ2v) is 3.50. The Kier molecular flexibility index (Phi) is 4.94. The number of carbonyl (C=O) groups excluding carboxylic acids is 1. The highest BCUT2D eigenvalue weighted by molar-refractivity contribution is 5.92. The predicted molar refractivity (Wildman–Crippen MR) is 60.0 cm³/mol. The van der Waals surface area contributed by atoms with Crippen molar-refractivity contribution in [3.63, 3.8) is 0 Å². The third-order valence-electron chi connectivity index (χ3n) is 2.18. The highest BCUT2D eigenvalue weighted by Crippen LogP contribution is 2.01. The Morgan fingerprint density at radius 1 is 1.62 bits per heavy atom. The fraction of sp³-hybridized carbons (Fsp3) is 0.600. The van der Waals surface area contributed by atoms with Crippen LogP contribution in [0.1, 0.15) is 10.5 Å². The molecule has 1 aromatic heterocycles. The molecule has 0 bridgehead atoms. The van der Waals surface area contributed by atoms with Gasteiger partial charge in [0, 0.05) is 40.0 Å². The van der Waals surface area contributed by atoms with Crippen LogP contribution in [0.15, 0.2) is 12.5 Å². The van der Waals surface area contributed by atoms with E-state index >= 15 is 0 Å². The molecular formula is C10H18N4O2. The van der Waals surface area contributed by atoms with Crippen molar-refractivity contribution in [2.45, 2.75) is 0 Å². The van der Waals surface area contributed by atoms with Crippen molar-refractivity contribution in [2.24, 2.45) is 12.8 Å². The molecule has 0 unspecified atom stereocenters. The van der Waals surface area contributed by atoms with Gasteiger partial charge in [0.2, 0.25) is 0 Å². The summed E-state index contributed by atoms with van der Waals surface area (Å²) in [6.45, 7) is 1.97. The molecule has 2 N–H and O–H groups in total. The van der Waals surface area contributed by atoms with E-state index < -0.39 is 0 Å². The van der Waals surface area contributed by atoms with Crippen LogP contribution in [0.25, 0.3) is 0 Å². The molecule has 0 atom stereocenters. The van der Waals surface area contributed by atoms with Gasteiger partial charge in [0.1, 0.15) is 5.69 Å². The third kappa shape index (κ3) is 3.32. The summed E-state index contributed by atoms with van der Waals surface area (Å²) in [6, 6.07) is 0.